The Kier molecular flexibility index (Phi) is 3.78. The molecule has 1 aromatic heterocycles. The third kappa shape index (κ3) is 2.93. The molecule has 0 fully saturated rings. The topological polar surface area (TPSA) is 91.3 Å². The molecule has 22 heavy (non-hydrogen) atoms. The second-order valence-electron chi connectivity index (χ2n) is 4.39. The van der Waals surface area contributed by atoms with E-state index in [0.717, 1.165) is 5.56 Å². The van der Waals surface area contributed by atoms with Crippen LogP contribution in [0.25, 0.3) is 11.4 Å². The van der Waals surface area contributed by atoms with E-state index in [4.69, 9.17) is 9.26 Å². The van der Waals surface area contributed by atoms with Gasteiger partial charge in [0.15, 0.2) is 12.4 Å². The van der Waals surface area contributed by atoms with Crippen LogP contribution in [-0.2, 0) is 6.61 Å². The number of nitrogens with zero attached hydrogens (tertiary/aromatic N) is 3. The van der Waals surface area contributed by atoms with Crippen LogP contribution >= 0.6 is 0 Å². The Morgan fingerprint density at radius 3 is 2.59 bits per heavy atom. The Morgan fingerprint density at radius 1 is 1.09 bits per heavy atom. The fraction of sp³-hybridized carbons (Fsp3) is 0.0667. The summed E-state index contributed by atoms with van der Waals surface area (Å²) in [6.45, 7) is -0.0370. The van der Waals surface area contributed by atoms with Crippen LogP contribution in [0, 0.1) is 10.1 Å². The van der Waals surface area contributed by atoms with E-state index in [-0.39, 0.29) is 23.9 Å². The van der Waals surface area contributed by atoms with Crippen LogP contribution in [0.4, 0.5) is 5.69 Å². The maximum Gasteiger partial charge on any atom is 0.310 e. The number of hydrogen-bond acceptors (Lipinski definition) is 6. The van der Waals surface area contributed by atoms with Crippen LogP contribution in [0.15, 0.2) is 59.1 Å². The van der Waals surface area contributed by atoms with E-state index in [1.807, 2.05) is 30.3 Å². The Morgan fingerprint density at radius 2 is 1.82 bits per heavy atom. The van der Waals surface area contributed by atoms with Crippen LogP contribution in [0.1, 0.15) is 5.89 Å². The van der Waals surface area contributed by atoms with Gasteiger partial charge in [0.1, 0.15) is 0 Å². The molecule has 0 aliphatic rings. The van der Waals surface area contributed by atoms with Gasteiger partial charge in [0, 0.05) is 11.6 Å². The predicted octanol–water partition coefficient (Wildman–Crippen LogP) is 3.22. The number of para-hydroxylation sites is 2. The zero-order chi connectivity index (χ0) is 15.4. The fourth-order valence-electron chi connectivity index (χ4n) is 1.89. The fourth-order valence-corrected chi connectivity index (χ4v) is 1.89. The molecule has 0 amide bonds. The molecule has 2 aromatic carbocycles. The van der Waals surface area contributed by atoms with E-state index in [1.54, 1.807) is 12.1 Å². The molecule has 0 N–H and O–H groups in total. The van der Waals surface area contributed by atoms with Crippen LogP contribution in [0.3, 0.4) is 0 Å². The molecule has 0 unspecified atom stereocenters. The summed E-state index contributed by atoms with van der Waals surface area (Å²) >= 11 is 0. The predicted molar refractivity (Wildman–Crippen MR) is 77.2 cm³/mol. The van der Waals surface area contributed by atoms with Gasteiger partial charge in [-0.1, -0.05) is 47.6 Å². The zero-order valence-corrected chi connectivity index (χ0v) is 11.4. The van der Waals surface area contributed by atoms with Crippen LogP contribution in [0.5, 0.6) is 5.75 Å². The summed E-state index contributed by atoms with van der Waals surface area (Å²) in [5.41, 5.74) is 0.716. The van der Waals surface area contributed by atoms with Gasteiger partial charge in [-0.25, -0.2) is 0 Å². The van der Waals surface area contributed by atoms with E-state index < -0.39 is 4.92 Å². The average molecular weight is 297 g/mol. The van der Waals surface area contributed by atoms with Gasteiger partial charge in [-0.15, -0.1) is 0 Å². The van der Waals surface area contributed by atoms with Gasteiger partial charge in [0.2, 0.25) is 5.82 Å². The molecule has 0 atom stereocenters. The van der Waals surface area contributed by atoms with E-state index >= 15 is 0 Å². The standard InChI is InChI=1S/C15H11N3O4/c19-18(20)12-8-4-5-9-13(12)21-10-14-16-15(17-22-14)11-6-2-1-3-7-11/h1-9H,10H2. The highest BCUT2D eigenvalue weighted by atomic mass is 16.6. The lowest BCUT2D eigenvalue weighted by molar-refractivity contribution is -0.386. The van der Waals surface area contributed by atoms with Crippen LogP contribution in [-0.4, -0.2) is 15.1 Å². The molecule has 0 bridgehead atoms. The molecule has 0 saturated heterocycles. The first-order valence-corrected chi connectivity index (χ1v) is 6.48. The SMILES string of the molecule is O=[N+]([O-])c1ccccc1OCc1nc(-c2ccccc2)no1. The van der Waals surface area contributed by atoms with Crippen molar-refractivity contribution in [1.29, 1.82) is 0 Å². The molecule has 110 valence electrons. The van der Waals surface area contributed by atoms with Crippen LogP contribution < -0.4 is 4.74 Å². The molecular weight excluding hydrogens is 286 g/mol. The Labute approximate surface area is 125 Å². The quantitative estimate of drug-likeness (QED) is 0.530. The minimum Gasteiger partial charge on any atom is -0.477 e. The van der Waals surface area contributed by atoms with Crippen molar-refractivity contribution in [2.24, 2.45) is 0 Å². The zero-order valence-electron chi connectivity index (χ0n) is 11.4. The number of nitro benzene ring substituents is 1. The smallest absolute Gasteiger partial charge is 0.310 e. The maximum atomic E-state index is 10.9. The van der Waals surface area contributed by atoms with Gasteiger partial charge in [-0.3, -0.25) is 10.1 Å². The summed E-state index contributed by atoms with van der Waals surface area (Å²) in [7, 11) is 0. The third-order valence-electron chi connectivity index (χ3n) is 2.91. The number of rotatable bonds is 5. The summed E-state index contributed by atoms with van der Waals surface area (Å²) in [5, 5.41) is 14.8. The van der Waals surface area contributed by atoms with E-state index in [2.05, 4.69) is 10.1 Å². The molecule has 0 spiro atoms. The normalized spacial score (nSPS) is 10.4. The Balaban J connectivity index is 1.73. The Hall–Kier alpha value is -3.22. The van der Waals surface area contributed by atoms with Gasteiger partial charge < -0.3 is 9.26 Å². The minimum absolute atomic E-state index is 0.0370. The van der Waals surface area contributed by atoms with Gasteiger partial charge in [0.25, 0.3) is 5.89 Å². The van der Waals surface area contributed by atoms with Gasteiger partial charge >= 0.3 is 5.69 Å². The first kappa shape index (κ1) is 13.7. The Bertz CT molecular complexity index is 786. The highest BCUT2D eigenvalue weighted by Crippen LogP contribution is 2.26. The number of aromatic nitrogens is 2. The highest BCUT2D eigenvalue weighted by molar-refractivity contribution is 5.53. The van der Waals surface area contributed by atoms with Crippen molar-refractivity contribution in [1.82, 2.24) is 10.1 Å². The van der Waals surface area contributed by atoms with Crippen molar-refractivity contribution in [3.8, 4) is 17.1 Å². The molecule has 0 aliphatic heterocycles. The lowest BCUT2D eigenvalue weighted by Gasteiger charge is -2.03. The van der Waals surface area contributed by atoms with Crippen molar-refractivity contribution in [2.45, 2.75) is 6.61 Å². The first-order valence-electron chi connectivity index (χ1n) is 6.48. The molecule has 3 aromatic rings. The summed E-state index contributed by atoms with van der Waals surface area (Å²) in [4.78, 5) is 14.6. The summed E-state index contributed by atoms with van der Waals surface area (Å²) in [6, 6.07) is 15.5. The molecule has 0 radical (unpaired) electrons. The number of benzene rings is 2. The number of ether oxygens (including phenoxy) is 1. The van der Waals surface area contributed by atoms with Crippen LogP contribution in [0.2, 0.25) is 0 Å². The molecule has 0 aliphatic carbocycles. The summed E-state index contributed by atoms with van der Waals surface area (Å²) in [6.07, 6.45) is 0. The summed E-state index contributed by atoms with van der Waals surface area (Å²) in [5.74, 6) is 0.853. The molecule has 7 heteroatoms. The first-order chi connectivity index (χ1) is 10.7. The average Bonchev–Trinajstić information content (AvgIpc) is 3.03. The van der Waals surface area contributed by atoms with Gasteiger partial charge in [-0.2, -0.15) is 4.98 Å². The largest absolute Gasteiger partial charge is 0.477 e. The highest BCUT2D eigenvalue weighted by Gasteiger charge is 2.15. The molecular formula is C15H11N3O4. The number of hydrogen-bond donors (Lipinski definition) is 0. The van der Waals surface area contributed by atoms with E-state index in [9.17, 15) is 10.1 Å². The lowest BCUT2D eigenvalue weighted by atomic mass is 10.2. The maximum absolute atomic E-state index is 10.9. The van der Waals surface area contributed by atoms with Gasteiger partial charge in [-0.05, 0) is 6.07 Å². The van der Waals surface area contributed by atoms with Crippen molar-refractivity contribution in [2.75, 3.05) is 0 Å². The second kappa shape index (κ2) is 6.04. The summed E-state index contributed by atoms with van der Waals surface area (Å²) < 4.78 is 10.5. The second-order valence-corrected chi connectivity index (χ2v) is 4.39. The van der Waals surface area contributed by atoms with Gasteiger partial charge in [0.05, 0.1) is 4.92 Å². The molecule has 0 saturated carbocycles. The third-order valence-corrected chi connectivity index (χ3v) is 2.91. The van der Waals surface area contributed by atoms with Crippen molar-refractivity contribution < 1.29 is 14.2 Å². The van der Waals surface area contributed by atoms with Crippen molar-refractivity contribution in [3.05, 3.63) is 70.6 Å². The minimum atomic E-state index is -0.501. The lowest BCUT2D eigenvalue weighted by Crippen LogP contribution is -1.99. The van der Waals surface area contributed by atoms with E-state index in [0.29, 0.717) is 5.82 Å². The molecule has 7 nitrogen and oxygen atoms in total. The van der Waals surface area contributed by atoms with Crippen molar-refractivity contribution in [3.63, 3.8) is 0 Å². The molecule has 3 rings (SSSR count). The van der Waals surface area contributed by atoms with E-state index in [1.165, 1.54) is 12.1 Å². The number of nitro groups is 1. The monoisotopic (exact) mass is 297 g/mol. The molecule has 1 heterocycles. The van der Waals surface area contributed by atoms with Crippen molar-refractivity contribution >= 4 is 5.69 Å².